The fraction of sp³-hybridized carbons (Fsp3) is 0.375. The molecule has 1 aliphatic carbocycles. The summed E-state index contributed by atoms with van der Waals surface area (Å²) >= 11 is 0. The highest BCUT2D eigenvalue weighted by molar-refractivity contribution is 5.80. The summed E-state index contributed by atoms with van der Waals surface area (Å²) in [5, 5.41) is 23.0. The molecule has 2 atom stereocenters. The van der Waals surface area contributed by atoms with Crippen molar-refractivity contribution in [2.75, 3.05) is 13.2 Å². The van der Waals surface area contributed by atoms with E-state index in [9.17, 15) is 19.5 Å². The predicted octanol–water partition coefficient (Wildman–Crippen LogP) is 2.65. The van der Waals surface area contributed by atoms with E-state index in [4.69, 9.17) is 9.84 Å². The second kappa shape index (κ2) is 10.8. The number of fused-ring (bicyclic) bond motifs is 3. The molecule has 32 heavy (non-hydrogen) atoms. The van der Waals surface area contributed by atoms with Crippen LogP contribution in [-0.4, -0.2) is 53.5 Å². The Kier molecular flexibility index (Phi) is 7.83. The Morgan fingerprint density at radius 3 is 2.19 bits per heavy atom. The maximum Gasteiger partial charge on any atom is 0.407 e. The largest absolute Gasteiger partial charge is 0.479 e. The molecule has 2 amide bonds. The van der Waals surface area contributed by atoms with Gasteiger partial charge in [0.05, 0.1) is 6.54 Å². The average molecular weight is 440 g/mol. The van der Waals surface area contributed by atoms with Crippen LogP contribution in [0.3, 0.4) is 0 Å². The quantitative estimate of drug-likeness (QED) is 0.450. The second-order valence-corrected chi connectivity index (χ2v) is 7.82. The van der Waals surface area contributed by atoms with Crippen molar-refractivity contribution in [2.45, 2.75) is 44.2 Å². The van der Waals surface area contributed by atoms with E-state index in [-0.39, 0.29) is 18.9 Å². The van der Waals surface area contributed by atoms with Crippen molar-refractivity contribution in [1.82, 2.24) is 10.6 Å². The predicted molar refractivity (Wildman–Crippen MR) is 118 cm³/mol. The van der Waals surface area contributed by atoms with Gasteiger partial charge in [-0.3, -0.25) is 4.79 Å². The number of amides is 2. The Labute approximate surface area is 186 Å². The van der Waals surface area contributed by atoms with Crippen LogP contribution < -0.4 is 10.6 Å². The molecule has 1 unspecified atom stereocenters. The third-order valence-corrected chi connectivity index (χ3v) is 5.51. The van der Waals surface area contributed by atoms with E-state index in [0.717, 1.165) is 28.7 Å². The number of hydrogen-bond acceptors (Lipinski definition) is 5. The van der Waals surface area contributed by atoms with Crippen LogP contribution in [0.1, 0.15) is 43.2 Å². The van der Waals surface area contributed by atoms with Crippen LogP contribution >= 0.6 is 0 Å². The summed E-state index contributed by atoms with van der Waals surface area (Å²) in [5.41, 5.74) is 4.51. The monoisotopic (exact) mass is 440 g/mol. The molecule has 1 aliphatic rings. The minimum Gasteiger partial charge on any atom is -0.479 e. The number of benzene rings is 2. The first-order chi connectivity index (χ1) is 15.4. The Balaban J connectivity index is 1.56. The number of aliphatic hydroxyl groups excluding tert-OH is 1. The van der Waals surface area contributed by atoms with E-state index >= 15 is 0 Å². The Morgan fingerprint density at radius 2 is 1.62 bits per heavy atom. The highest BCUT2D eigenvalue weighted by Crippen LogP contribution is 2.44. The second-order valence-electron chi connectivity index (χ2n) is 7.82. The van der Waals surface area contributed by atoms with Crippen LogP contribution in [-0.2, 0) is 14.3 Å². The molecule has 8 heteroatoms. The standard InChI is InChI=1S/C24H28N2O6/c1-2-7-15(12-22(28)25-13-21(27)23(29)30)26-24(31)32-14-20-18-10-5-3-8-16(18)17-9-4-6-11-19(17)20/h3-6,8-11,15,20-21,27H,2,7,12-14H2,1H3,(H,25,28)(H,26,31)(H,29,30)/t15-,21?/m0/s1. The molecule has 0 saturated heterocycles. The molecule has 0 spiro atoms. The normalized spacial score (nSPS) is 14.1. The molecule has 0 radical (unpaired) electrons. The number of carboxylic acids is 1. The van der Waals surface area contributed by atoms with Crippen LogP contribution in [0.2, 0.25) is 0 Å². The van der Waals surface area contributed by atoms with Crippen molar-refractivity contribution < 1.29 is 29.3 Å². The Morgan fingerprint density at radius 1 is 1.03 bits per heavy atom. The average Bonchev–Trinajstić information content (AvgIpc) is 3.10. The molecular formula is C24H28N2O6. The summed E-state index contributed by atoms with van der Waals surface area (Å²) in [7, 11) is 0. The Hall–Kier alpha value is -3.39. The molecule has 0 saturated carbocycles. The number of rotatable bonds is 10. The van der Waals surface area contributed by atoms with Gasteiger partial charge >= 0.3 is 12.1 Å². The summed E-state index contributed by atoms with van der Waals surface area (Å²) in [5.74, 6) is -1.92. The van der Waals surface area contributed by atoms with Gasteiger partial charge in [0.15, 0.2) is 6.10 Å². The van der Waals surface area contributed by atoms with E-state index in [1.54, 1.807) is 0 Å². The van der Waals surface area contributed by atoms with E-state index in [1.807, 2.05) is 43.3 Å². The summed E-state index contributed by atoms with van der Waals surface area (Å²) in [4.78, 5) is 35.2. The maximum atomic E-state index is 12.5. The Bertz CT molecular complexity index is 931. The van der Waals surface area contributed by atoms with Crippen LogP contribution in [0.25, 0.3) is 11.1 Å². The first-order valence-electron chi connectivity index (χ1n) is 10.7. The van der Waals surface area contributed by atoms with Gasteiger partial charge in [0, 0.05) is 18.4 Å². The number of nitrogens with one attached hydrogen (secondary N) is 2. The van der Waals surface area contributed by atoms with Crippen LogP contribution in [0, 0.1) is 0 Å². The minimum atomic E-state index is -1.67. The van der Waals surface area contributed by atoms with Gasteiger partial charge in [-0.15, -0.1) is 0 Å². The molecule has 0 heterocycles. The lowest BCUT2D eigenvalue weighted by atomic mass is 9.98. The lowest BCUT2D eigenvalue weighted by Crippen LogP contribution is -2.42. The highest BCUT2D eigenvalue weighted by atomic mass is 16.5. The molecule has 2 aromatic carbocycles. The zero-order valence-corrected chi connectivity index (χ0v) is 17.9. The number of hydrogen-bond donors (Lipinski definition) is 4. The van der Waals surface area contributed by atoms with Gasteiger partial charge in [0.25, 0.3) is 0 Å². The van der Waals surface area contributed by atoms with Crippen molar-refractivity contribution in [2.24, 2.45) is 0 Å². The van der Waals surface area contributed by atoms with Gasteiger partial charge in [-0.1, -0.05) is 61.9 Å². The number of ether oxygens (including phenoxy) is 1. The van der Waals surface area contributed by atoms with E-state index in [0.29, 0.717) is 6.42 Å². The molecular weight excluding hydrogens is 412 g/mol. The number of alkyl carbamates (subject to hydrolysis) is 1. The molecule has 0 fully saturated rings. The van der Waals surface area contributed by atoms with Crippen molar-refractivity contribution in [1.29, 1.82) is 0 Å². The van der Waals surface area contributed by atoms with Crippen LogP contribution in [0.4, 0.5) is 4.79 Å². The maximum absolute atomic E-state index is 12.5. The molecule has 3 rings (SSSR count). The van der Waals surface area contributed by atoms with Gasteiger partial charge in [0.2, 0.25) is 5.91 Å². The first-order valence-corrected chi connectivity index (χ1v) is 10.7. The molecule has 0 aromatic heterocycles. The molecule has 0 aliphatic heterocycles. The van der Waals surface area contributed by atoms with Gasteiger partial charge < -0.3 is 25.6 Å². The molecule has 2 aromatic rings. The van der Waals surface area contributed by atoms with Gasteiger partial charge in [0.1, 0.15) is 6.61 Å². The van der Waals surface area contributed by atoms with E-state index in [2.05, 4.69) is 22.8 Å². The van der Waals surface area contributed by atoms with Crippen molar-refractivity contribution in [3.05, 3.63) is 59.7 Å². The SMILES string of the molecule is CCC[C@@H](CC(=O)NCC(O)C(=O)O)NC(=O)OCC1c2ccccc2-c2ccccc21. The zero-order valence-electron chi connectivity index (χ0n) is 17.9. The highest BCUT2D eigenvalue weighted by Gasteiger charge is 2.29. The number of aliphatic hydroxyl groups is 1. The van der Waals surface area contributed by atoms with Gasteiger partial charge in [-0.05, 0) is 28.7 Å². The number of carbonyl (C=O) groups is 3. The number of carboxylic acid groups (broad SMARTS) is 1. The van der Waals surface area contributed by atoms with Crippen molar-refractivity contribution in [3.8, 4) is 11.1 Å². The summed E-state index contributed by atoms with van der Waals surface area (Å²) < 4.78 is 5.53. The topological polar surface area (TPSA) is 125 Å². The summed E-state index contributed by atoms with van der Waals surface area (Å²) in [6, 6.07) is 15.6. The van der Waals surface area contributed by atoms with Crippen molar-refractivity contribution in [3.63, 3.8) is 0 Å². The minimum absolute atomic E-state index is 0.0373. The molecule has 8 nitrogen and oxygen atoms in total. The van der Waals surface area contributed by atoms with E-state index < -0.39 is 36.7 Å². The third kappa shape index (κ3) is 5.64. The number of aliphatic carboxylic acids is 1. The molecule has 0 bridgehead atoms. The smallest absolute Gasteiger partial charge is 0.407 e. The fourth-order valence-electron chi connectivity index (χ4n) is 3.97. The van der Waals surface area contributed by atoms with Crippen LogP contribution in [0.5, 0.6) is 0 Å². The van der Waals surface area contributed by atoms with E-state index in [1.165, 1.54) is 0 Å². The zero-order chi connectivity index (χ0) is 23.1. The summed E-state index contributed by atoms with van der Waals surface area (Å²) in [6.45, 7) is 1.71. The first kappa shape index (κ1) is 23.3. The fourth-order valence-corrected chi connectivity index (χ4v) is 3.97. The van der Waals surface area contributed by atoms with Crippen molar-refractivity contribution >= 4 is 18.0 Å². The molecule has 4 N–H and O–H groups in total. The van der Waals surface area contributed by atoms with Gasteiger partial charge in [-0.2, -0.15) is 0 Å². The third-order valence-electron chi connectivity index (χ3n) is 5.51. The lowest BCUT2D eigenvalue weighted by molar-refractivity contribution is -0.146. The lowest BCUT2D eigenvalue weighted by Gasteiger charge is -2.19. The molecule has 170 valence electrons. The summed E-state index contributed by atoms with van der Waals surface area (Å²) in [6.07, 6.45) is -1.02. The number of carbonyl (C=O) groups excluding carboxylic acids is 2. The van der Waals surface area contributed by atoms with Gasteiger partial charge in [-0.25, -0.2) is 9.59 Å². The van der Waals surface area contributed by atoms with Crippen LogP contribution in [0.15, 0.2) is 48.5 Å².